The second-order valence-electron chi connectivity index (χ2n) is 4.40. The van der Waals surface area contributed by atoms with Gasteiger partial charge in [0.15, 0.2) is 0 Å². The van der Waals surface area contributed by atoms with Gasteiger partial charge < -0.3 is 5.32 Å². The van der Waals surface area contributed by atoms with Gasteiger partial charge in [-0.1, -0.05) is 12.1 Å². The lowest BCUT2D eigenvalue weighted by Crippen LogP contribution is -2.34. The molecule has 0 spiro atoms. The number of nitrogens with zero attached hydrogens (tertiary/aromatic N) is 2. The summed E-state index contributed by atoms with van der Waals surface area (Å²) >= 11 is 0. The second-order valence-corrected chi connectivity index (χ2v) is 4.40. The molecule has 0 unspecified atom stereocenters. The summed E-state index contributed by atoms with van der Waals surface area (Å²) in [7, 11) is 0. The Morgan fingerprint density at radius 2 is 2.00 bits per heavy atom. The van der Waals surface area contributed by atoms with Crippen LogP contribution in [0.15, 0.2) is 35.4 Å². The molecule has 0 aliphatic carbocycles. The summed E-state index contributed by atoms with van der Waals surface area (Å²) < 4.78 is 37.0. The van der Waals surface area contributed by atoms with E-state index in [-0.39, 0.29) is 18.5 Å². The van der Waals surface area contributed by atoms with Crippen LogP contribution in [0, 0.1) is 0 Å². The van der Waals surface area contributed by atoms with Crippen LogP contribution in [0.5, 0.6) is 0 Å². The number of fused-ring (bicyclic) bond motifs is 1. The minimum absolute atomic E-state index is 0.0274. The van der Waals surface area contributed by atoms with E-state index < -0.39 is 18.6 Å². The Morgan fingerprint density at radius 3 is 2.71 bits per heavy atom. The van der Waals surface area contributed by atoms with Crippen LogP contribution in [0.3, 0.4) is 0 Å². The number of hydrogen-bond donors (Lipinski definition) is 1. The Kier molecular flexibility index (Phi) is 4.25. The summed E-state index contributed by atoms with van der Waals surface area (Å²) in [5.41, 5.74) is 0.199. The summed E-state index contributed by atoms with van der Waals surface area (Å²) in [4.78, 5) is 27.4. The van der Waals surface area contributed by atoms with Crippen molar-refractivity contribution in [2.45, 2.75) is 19.1 Å². The van der Waals surface area contributed by atoms with Gasteiger partial charge in [-0.15, -0.1) is 0 Å². The van der Waals surface area contributed by atoms with E-state index in [1.807, 2.05) is 0 Å². The average molecular weight is 299 g/mol. The number of aryl methyl sites for hydroxylation is 1. The summed E-state index contributed by atoms with van der Waals surface area (Å²) in [6.07, 6.45) is -3.39. The predicted molar refractivity (Wildman–Crippen MR) is 69.7 cm³/mol. The molecular formula is C13H12F3N3O2. The molecule has 2 rings (SSSR count). The van der Waals surface area contributed by atoms with Crippen LogP contribution in [0.1, 0.15) is 6.42 Å². The van der Waals surface area contributed by atoms with Gasteiger partial charge in [0, 0.05) is 13.0 Å². The molecule has 8 heteroatoms. The number of para-hydroxylation sites is 1. The molecule has 1 amide bonds. The average Bonchev–Trinajstić information content (AvgIpc) is 2.44. The molecule has 0 bridgehead atoms. The summed E-state index contributed by atoms with van der Waals surface area (Å²) in [6.45, 7) is -1.41. The van der Waals surface area contributed by atoms with Crippen LogP contribution in [0.25, 0.3) is 10.9 Å². The van der Waals surface area contributed by atoms with Crippen molar-refractivity contribution in [3.63, 3.8) is 0 Å². The Balaban J connectivity index is 2.02. The third-order valence-electron chi connectivity index (χ3n) is 2.80. The second kappa shape index (κ2) is 5.94. The number of nitrogens with one attached hydrogen (secondary N) is 1. The van der Waals surface area contributed by atoms with Gasteiger partial charge >= 0.3 is 6.18 Å². The fourth-order valence-corrected chi connectivity index (χ4v) is 1.77. The number of alkyl halides is 3. The largest absolute Gasteiger partial charge is 0.405 e. The first-order chi connectivity index (χ1) is 9.87. The van der Waals surface area contributed by atoms with Crippen molar-refractivity contribution < 1.29 is 18.0 Å². The molecule has 0 saturated carbocycles. The molecule has 1 N–H and O–H groups in total. The standard InChI is InChI=1S/C13H12F3N3O2/c14-13(15,16)7-17-11(20)5-6-19-8-18-10-4-2-1-3-9(10)12(19)21/h1-4,8H,5-7H2,(H,17,20). The molecule has 0 atom stereocenters. The minimum Gasteiger partial charge on any atom is -0.347 e. The summed E-state index contributed by atoms with van der Waals surface area (Å²) in [5, 5.41) is 2.15. The quantitative estimate of drug-likeness (QED) is 0.929. The van der Waals surface area contributed by atoms with Gasteiger partial charge in [0.25, 0.3) is 5.56 Å². The zero-order chi connectivity index (χ0) is 15.5. The van der Waals surface area contributed by atoms with Crippen molar-refractivity contribution in [3.05, 3.63) is 40.9 Å². The van der Waals surface area contributed by atoms with Crippen molar-refractivity contribution >= 4 is 16.8 Å². The molecule has 0 radical (unpaired) electrons. The zero-order valence-electron chi connectivity index (χ0n) is 10.9. The number of hydrogen-bond acceptors (Lipinski definition) is 3. The van der Waals surface area contributed by atoms with Gasteiger partial charge in [0.2, 0.25) is 5.91 Å². The molecule has 21 heavy (non-hydrogen) atoms. The highest BCUT2D eigenvalue weighted by Crippen LogP contribution is 2.12. The number of carbonyl (C=O) groups is 1. The normalized spacial score (nSPS) is 11.6. The van der Waals surface area contributed by atoms with Gasteiger partial charge in [-0.25, -0.2) is 4.98 Å². The van der Waals surface area contributed by atoms with Crippen LogP contribution < -0.4 is 10.9 Å². The Morgan fingerprint density at radius 1 is 1.29 bits per heavy atom. The molecular weight excluding hydrogens is 287 g/mol. The highest BCUT2D eigenvalue weighted by Gasteiger charge is 2.27. The van der Waals surface area contributed by atoms with E-state index in [1.165, 1.54) is 10.9 Å². The first kappa shape index (κ1) is 15.0. The fraction of sp³-hybridized carbons (Fsp3) is 0.308. The number of carbonyl (C=O) groups excluding carboxylic acids is 1. The molecule has 1 aromatic heterocycles. The van der Waals surface area contributed by atoms with Crippen LogP contribution in [-0.2, 0) is 11.3 Å². The Hall–Kier alpha value is -2.38. The third-order valence-corrected chi connectivity index (χ3v) is 2.80. The van der Waals surface area contributed by atoms with E-state index in [0.29, 0.717) is 10.9 Å². The van der Waals surface area contributed by atoms with Crippen molar-refractivity contribution in [3.8, 4) is 0 Å². The van der Waals surface area contributed by atoms with E-state index in [4.69, 9.17) is 0 Å². The molecule has 2 aromatic rings. The Labute approximate surface area is 117 Å². The van der Waals surface area contributed by atoms with Crippen molar-refractivity contribution in [1.82, 2.24) is 14.9 Å². The molecule has 0 fully saturated rings. The van der Waals surface area contributed by atoms with Gasteiger partial charge in [-0.2, -0.15) is 13.2 Å². The van der Waals surface area contributed by atoms with Crippen LogP contribution >= 0.6 is 0 Å². The van der Waals surface area contributed by atoms with Crippen molar-refractivity contribution in [2.75, 3.05) is 6.54 Å². The molecule has 5 nitrogen and oxygen atoms in total. The van der Waals surface area contributed by atoms with E-state index in [0.717, 1.165) is 0 Å². The van der Waals surface area contributed by atoms with E-state index in [1.54, 1.807) is 29.6 Å². The smallest absolute Gasteiger partial charge is 0.347 e. The topological polar surface area (TPSA) is 64.0 Å². The number of benzene rings is 1. The molecule has 1 aromatic carbocycles. The van der Waals surface area contributed by atoms with Gasteiger partial charge in [0.1, 0.15) is 6.54 Å². The number of amides is 1. The minimum atomic E-state index is -4.45. The predicted octanol–water partition coefficient (Wildman–Crippen LogP) is 1.47. The maximum absolute atomic E-state index is 12.1. The van der Waals surface area contributed by atoms with Crippen molar-refractivity contribution in [2.24, 2.45) is 0 Å². The van der Waals surface area contributed by atoms with Crippen LogP contribution in [0.4, 0.5) is 13.2 Å². The SMILES string of the molecule is O=C(CCn1cnc2ccccc2c1=O)NCC(F)(F)F. The lowest BCUT2D eigenvalue weighted by Gasteiger charge is -2.09. The molecule has 1 heterocycles. The zero-order valence-corrected chi connectivity index (χ0v) is 10.9. The molecule has 0 aliphatic heterocycles. The Bertz CT molecular complexity index is 710. The maximum atomic E-state index is 12.1. The highest BCUT2D eigenvalue weighted by atomic mass is 19.4. The summed E-state index contributed by atoms with van der Waals surface area (Å²) in [5.74, 6) is -0.771. The maximum Gasteiger partial charge on any atom is 0.405 e. The summed E-state index contributed by atoms with van der Waals surface area (Å²) in [6, 6.07) is 6.71. The molecule has 0 aliphatic rings. The number of halogens is 3. The number of aromatic nitrogens is 2. The monoisotopic (exact) mass is 299 g/mol. The first-order valence-electron chi connectivity index (χ1n) is 6.14. The van der Waals surface area contributed by atoms with Gasteiger partial charge in [-0.05, 0) is 12.1 Å². The van der Waals surface area contributed by atoms with E-state index in [2.05, 4.69) is 4.98 Å². The van der Waals surface area contributed by atoms with Gasteiger partial charge in [0.05, 0.1) is 17.2 Å². The highest BCUT2D eigenvalue weighted by molar-refractivity contribution is 5.77. The van der Waals surface area contributed by atoms with Crippen LogP contribution in [-0.4, -0.2) is 28.2 Å². The van der Waals surface area contributed by atoms with E-state index >= 15 is 0 Å². The van der Waals surface area contributed by atoms with E-state index in [9.17, 15) is 22.8 Å². The molecule has 0 saturated heterocycles. The lowest BCUT2D eigenvalue weighted by atomic mass is 10.2. The number of rotatable bonds is 4. The van der Waals surface area contributed by atoms with Gasteiger partial charge in [-0.3, -0.25) is 14.2 Å². The van der Waals surface area contributed by atoms with Crippen molar-refractivity contribution in [1.29, 1.82) is 0 Å². The molecule has 112 valence electrons. The fourth-order valence-electron chi connectivity index (χ4n) is 1.77. The first-order valence-corrected chi connectivity index (χ1v) is 6.14. The lowest BCUT2D eigenvalue weighted by molar-refractivity contribution is -0.138. The third kappa shape index (κ3) is 4.04. The van der Waals surface area contributed by atoms with Crippen LogP contribution in [0.2, 0.25) is 0 Å².